The minimum atomic E-state index is -4.25. The van der Waals surface area contributed by atoms with Crippen molar-refractivity contribution in [2.75, 3.05) is 30.4 Å². The molecule has 1 aromatic heterocycles. The summed E-state index contributed by atoms with van der Waals surface area (Å²) in [5.74, 6) is 1.40. The average Bonchev–Trinajstić information content (AvgIpc) is 2.27. The van der Waals surface area contributed by atoms with Crippen LogP contribution in [0.3, 0.4) is 0 Å². The van der Waals surface area contributed by atoms with E-state index in [0.29, 0.717) is 24.6 Å². The fourth-order valence-corrected chi connectivity index (χ4v) is 1.64. The van der Waals surface area contributed by atoms with Crippen molar-refractivity contribution in [3.63, 3.8) is 0 Å². The highest BCUT2D eigenvalue weighted by Gasteiger charge is 2.30. The van der Waals surface area contributed by atoms with Gasteiger partial charge >= 0.3 is 6.18 Å². The summed E-state index contributed by atoms with van der Waals surface area (Å²) >= 11 is 0. The number of halogens is 3. The molecule has 4 nitrogen and oxygen atoms in total. The molecule has 1 heterocycles. The first kappa shape index (κ1) is 15.5. The van der Waals surface area contributed by atoms with Crippen LogP contribution < -0.4 is 10.2 Å². The van der Waals surface area contributed by atoms with Crippen LogP contribution in [0, 0.1) is 0 Å². The Bertz CT molecular complexity index is 382. The maximum atomic E-state index is 12.4. The second kappa shape index (κ2) is 6.58. The van der Waals surface area contributed by atoms with Gasteiger partial charge in [-0.05, 0) is 13.3 Å². The van der Waals surface area contributed by atoms with Crippen LogP contribution in [0.25, 0.3) is 0 Å². The summed E-state index contributed by atoms with van der Waals surface area (Å²) in [6.45, 7) is 3.51. The minimum absolute atomic E-state index is 0.284. The molecule has 0 saturated heterocycles. The largest absolute Gasteiger partial charge is 0.405 e. The molecular weight excluding hydrogens is 257 g/mol. The van der Waals surface area contributed by atoms with Crippen LogP contribution in [-0.2, 0) is 6.42 Å². The lowest BCUT2D eigenvalue weighted by atomic mass is 10.3. The van der Waals surface area contributed by atoms with Gasteiger partial charge in [-0.25, -0.2) is 9.97 Å². The van der Waals surface area contributed by atoms with Crippen molar-refractivity contribution in [2.45, 2.75) is 32.9 Å². The van der Waals surface area contributed by atoms with Gasteiger partial charge in [0.1, 0.15) is 24.0 Å². The summed E-state index contributed by atoms with van der Waals surface area (Å²) in [7, 11) is 1.38. The van der Waals surface area contributed by atoms with E-state index in [1.54, 1.807) is 0 Å². The predicted molar refractivity (Wildman–Crippen MR) is 69.5 cm³/mol. The van der Waals surface area contributed by atoms with Gasteiger partial charge in [-0.15, -0.1) is 0 Å². The molecule has 19 heavy (non-hydrogen) atoms. The molecule has 0 saturated carbocycles. The Kier molecular flexibility index (Phi) is 5.38. The average molecular weight is 276 g/mol. The third kappa shape index (κ3) is 5.32. The molecule has 1 aromatic rings. The summed E-state index contributed by atoms with van der Waals surface area (Å²) in [4.78, 5) is 9.51. The highest BCUT2D eigenvalue weighted by Crippen LogP contribution is 2.21. The molecule has 0 spiro atoms. The molecule has 108 valence electrons. The lowest BCUT2D eigenvalue weighted by Crippen LogP contribution is -2.31. The second-order valence-electron chi connectivity index (χ2n) is 4.28. The Morgan fingerprint density at radius 2 is 1.95 bits per heavy atom. The van der Waals surface area contributed by atoms with Crippen molar-refractivity contribution >= 4 is 11.6 Å². The van der Waals surface area contributed by atoms with Crippen molar-refractivity contribution in [3.8, 4) is 0 Å². The molecule has 0 aliphatic rings. The fourth-order valence-electron chi connectivity index (χ4n) is 1.64. The second-order valence-corrected chi connectivity index (χ2v) is 4.28. The topological polar surface area (TPSA) is 41.1 Å². The van der Waals surface area contributed by atoms with Gasteiger partial charge in [-0.1, -0.05) is 6.92 Å². The van der Waals surface area contributed by atoms with Crippen LogP contribution in [0.4, 0.5) is 24.8 Å². The number of rotatable bonds is 6. The third-order valence-corrected chi connectivity index (χ3v) is 2.40. The van der Waals surface area contributed by atoms with Crippen LogP contribution in [0.2, 0.25) is 0 Å². The molecule has 1 rings (SSSR count). The van der Waals surface area contributed by atoms with E-state index in [1.165, 1.54) is 13.1 Å². The molecule has 0 bridgehead atoms. The molecule has 0 aliphatic heterocycles. The summed E-state index contributed by atoms with van der Waals surface area (Å²) in [5, 5.41) is 3.01. The molecule has 1 N–H and O–H groups in total. The van der Waals surface area contributed by atoms with E-state index in [9.17, 15) is 13.2 Å². The molecule has 0 aliphatic carbocycles. The molecule has 0 amide bonds. The Hall–Kier alpha value is -1.53. The van der Waals surface area contributed by atoms with Gasteiger partial charge in [-0.2, -0.15) is 13.2 Å². The number of aromatic nitrogens is 2. The molecule has 0 atom stereocenters. The first-order valence-corrected chi connectivity index (χ1v) is 6.25. The van der Waals surface area contributed by atoms with Crippen molar-refractivity contribution in [1.82, 2.24) is 9.97 Å². The smallest absolute Gasteiger partial charge is 0.370 e. The summed E-state index contributed by atoms with van der Waals surface area (Å²) in [5.41, 5.74) is 0. The highest BCUT2D eigenvalue weighted by atomic mass is 19.4. The van der Waals surface area contributed by atoms with E-state index in [2.05, 4.69) is 15.3 Å². The zero-order chi connectivity index (χ0) is 14.5. The zero-order valence-corrected chi connectivity index (χ0v) is 11.4. The van der Waals surface area contributed by atoms with Gasteiger partial charge in [0, 0.05) is 26.1 Å². The lowest BCUT2D eigenvalue weighted by molar-refractivity contribution is -0.119. The maximum Gasteiger partial charge on any atom is 0.405 e. The minimum Gasteiger partial charge on any atom is -0.370 e. The van der Waals surface area contributed by atoms with Gasteiger partial charge < -0.3 is 10.2 Å². The van der Waals surface area contributed by atoms with E-state index >= 15 is 0 Å². The molecule has 7 heteroatoms. The van der Waals surface area contributed by atoms with Gasteiger partial charge in [-0.3, -0.25) is 0 Å². The number of hydrogen-bond donors (Lipinski definition) is 1. The standard InChI is InChI=1S/C12H19F3N4/c1-4-6-9-17-10(16-5-2)7-11(18-9)19(3)8-12(13,14)15/h7H,4-6,8H2,1-3H3,(H,16,17,18). The lowest BCUT2D eigenvalue weighted by Gasteiger charge is -2.21. The Morgan fingerprint density at radius 3 is 2.47 bits per heavy atom. The van der Waals surface area contributed by atoms with E-state index in [0.717, 1.165) is 11.3 Å². The fraction of sp³-hybridized carbons (Fsp3) is 0.667. The number of hydrogen-bond acceptors (Lipinski definition) is 4. The van der Waals surface area contributed by atoms with Gasteiger partial charge in [0.15, 0.2) is 0 Å². The number of nitrogens with one attached hydrogen (secondary N) is 1. The molecule has 0 unspecified atom stereocenters. The van der Waals surface area contributed by atoms with Crippen molar-refractivity contribution in [3.05, 3.63) is 11.9 Å². The summed E-state index contributed by atoms with van der Waals surface area (Å²) < 4.78 is 37.2. The Balaban J connectivity index is 2.97. The molecular formula is C12H19F3N4. The molecule has 0 aromatic carbocycles. The van der Waals surface area contributed by atoms with Crippen molar-refractivity contribution in [1.29, 1.82) is 0 Å². The van der Waals surface area contributed by atoms with E-state index in [-0.39, 0.29) is 5.82 Å². The zero-order valence-electron chi connectivity index (χ0n) is 11.4. The van der Waals surface area contributed by atoms with Crippen molar-refractivity contribution < 1.29 is 13.2 Å². The Morgan fingerprint density at radius 1 is 1.26 bits per heavy atom. The quantitative estimate of drug-likeness (QED) is 0.867. The maximum absolute atomic E-state index is 12.4. The predicted octanol–water partition coefficient (Wildman–Crippen LogP) is 2.86. The van der Waals surface area contributed by atoms with Crippen LogP contribution in [0.15, 0.2) is 6.07 Å². The summed E-state index contributed by atoms with van der Waals surface area (Å²) in [6, 6.07) is 1.54. The summed E-state index contributed by atoms with van der Waals surface area (Å²) in [6.07, 6.45) is -2.76. The monoisotopic (exact) mass is 276 g/mol. The van der Waals surface area contributed by atoms with E-state index in [1.807, 2.05) is 13.8 Å². The first-order chi connectivity index (χ1) is 8.85. The van der Waals surface area contributed by atoms with Gasteiger partial charge in [0.25, 0.3) is 0 Å². The number of aryl methyl sites for hydroxylation is 1. The van der Waals surface area contributed by atoms with E-state index < -0.39 is 12.7 Å². The highest BCUT2D eigenvalue weighted by molar-refractivity contribution is 5.49. The van der Waals surface area contributed by atoms with Gasteiger partial charge in [0.05, 0.1) is 0 Å². The third-order valence-electron chi connectivity index (χ3n) is 2.40. The molecule has 0 fully saturated rings. The van der Waals surface area contributed by atoms with Crippen LogP contribution >= 0.6 is 0 Å². The van der Waals surface area contributed by atoms with Crippen LogP contribution in [0.5, 0.6) is 0 Å². The normalized spacial score (nSPS) is 11.5. The number of alkyl halides is 3. The Labute approximate surface area is 111 Å². The number of nitrogens with zero attached hydrogens (tertiary/aromatic N) is 3. The SMILES string of the molecule is CCCc1nc(NCC)cc(N(C)CC(F)(F)F)n1. The van der Waals surface area contributed by atoms with E-state index in [4.69, 9.17) is 0 Å². The number of anilines is 2. The van der Waals surface area contributed by atoms with Gasteiger partial charge in [0.2, 0.25) is 0 Å². The molecule has 0 radical (unpaired) electrons. The van der Waals surface area contributed by atoms with Crippen LogP contribution in [0.1, 0.15) is 26.1 Å². The first-order valence-electron chi connectivity index (χ1n) is 6.25. The van der Waals surface area contributed by atoms with Crippen LogP contribution in [-0.4, -0.2) is 36.3 Å². The van der Waals surface area contributed by atoms with Crippen molar-refractivity contribution in [2.24, 2.45) is 0 Å².